The van der Waals surface area contributed by atoms with Gasteiger partial charge in [-0.25, -0.2) is 0 Å². The van der Waals surface area contributed by atoms with Crippen LogP contribution in [0.25, 0.3) is 0 Å². The molecule has 2 unspecified atom stereocenters. The number of likely N-dealkylation sites (tertiary alicyclic amines) is 1. The third kappa shape index (κ3) is 5.07. The third-order valence-corrected chi connectivity index (χ3v) is 11.7. The normalized spacial score (nSPS) is 29.7. The fraction of sp³-hybridized carbons (Fsp3) is 0.656. The van der Waals surface area contributed by atoms with Gasteiger partial charge in [-0.3, -0.25) is 14.4 Å². The first-order chi connectivity index (χ1) is 19.6. The van der Waals surface area contributed by atoms with Gasteiger partial charge < -0.3 is 24.5 Å². The van der Waals surface area contributed by atoms with Gasteiger partial charge in [0.15, 0.2) is 0 Å². The highest BCUT2D eigenvalue weighted by molar-refractivity contribution is 8.02. The molecule has 3 aliphatic heterocycles. The van der Waals surface area contributed by atoms with Gasteiger partial charge in [-0.15, -0.1) is 18.3 Å². The Bertz CT molecular complexity index is 1140. The molecular formula is C32H47N3O5S. The molecule has 1 aromatic carbocycles. The van der Waals surface area contributed by atoms with E-state index in [1.165, 1.54) is 0 Å². The quantitative estimate of drug-likeness (QED) is 0.269. The molecule has 1 aromatic rings. The van der Waals surface area contributed by atoms with Gasteiger partial charge in [-0.1, -0.05) is 26.3 Å². The number of rotatable bonds is 13. The van der Waals surface area contributed by atoms with Crippen LogP contribution in [0.15, 0.2) is 36.9 Å². The zero-order chi connectivity index (χ0) is 30.1. The van der Waals surface area contributed by atoms with Crippen LogP contribution in [0.5, 0.6) is 0 Å². The van der Waals surface area contributed by atoms with E-state index in [-0.39, 0.29) is 43.5 Å². The zero-order valence-corrected chi connectivity index (χ0v) is 26.3. The molecule has 1 N–H and O–H groups in total. The van der Waals surface area contributed by atoms with Crippen LogP contribution < -0.4 is 9.80 Å². The summed E-state index contributed by atoms with van der Waals surface area (Å²) in [6, 6.07) is 6.59. The van der Waals surface area contributed by atoms with Crippen molar-refractivity contribution in [3.05, 3.63) is 36.9 Å². The molecule has 9 heteroatoms. The standard InChI is InChI=1S/C32H47N3O5S/c1-8-19-34(23-15-13-22(14-16-23)33(10-3)11-4)29(38)27-32-18-17-31(7,41-32)26(30(39)40-12-5)25(32)28(37)35(27)24(20-36)21(6)9-2/h8,13-16,21,24-27,36H,1,9-12,17-20H2,2-7H3/t21-,24-,25-,26-,27?,31+,32?/m0/s1. The van der Waals surface area contributed by atoms with Crippen LogP contribution in [0.3, 0.4) is 0 Å². The van der Waals surface area contributed by atoms with Gasteiger partial charge in [0.05, 0.1) is 35.8 Å². The minimum absolute atomic E-state index is 0.0329. The SMILES string of the molecule is C=CCN(C(=O)C1N([C@@H](CO)[C@@H](C)CC)C(=O)[C@@H]2[C@@H](C(=O)OCC)[C@@]3(C)CCC12S3)c1ccc(N(CC)CC)cc1. The molecule has 2 bridgehead atoms. The van der Waals surface area contributed by atoms with Crippen molar-refractivity contribution in [2.24, 2.45) is 17.8 Å². The summed E-state index contributed by atoms with van der Waals surface area (Å²) in [6.07, 6.45) is 3.81. The summed E-state index contributed by atoms with van der Waals surface area (Å²) in [7, 11) is 0. The number of carbonyl (C=O) groups excluding carboxylic acids is 3. The highest BCUT2D eigenvalue weighted by Gasteiger charge is 2.78. The molecule has 3 saturated heterocycles. The molecule has 0 aliphatic carbocycles. The fourth-order valence-corrected chi connectivity index (χ4v) is 9.76. The number of thioether (sulfide) groups is 1. The Kier molecular flexibility index (Phi) is 9.48. The van der Waals surface area contributed by atoms with E-state index in [1.807, 2.05) is 45.0 Å². The van der Waals surface area contributed by atoms with E-state index in [0.717, 1.165) is 37.3 Å². The number of carbonyl (C=O) groups is 3. The van der Waals surface area contributed by atoms with Crippen LogP contribution in [0.1, 0.15) is 60.8 Å². The lowest BCUT2D eigenvalue weighted by molar-refractivity contribution is -0.155. The molecule has 8 nitrogen and oxygen atoms in total. The first kappa shape index (κ1) is 31.4. The molecule has 0 aromatic heterocycles. The summed E-state index contributed by atoms with van der Waals surface area (Å²) in [4.78, 5) is 48.3. The van der Waals surface area contributed by atoms with Crippen LogP contribution >= 0.6 is 11.8 Å². The Morgan fingerprint density at radius 2 is 1.80 bits per heavy atom. The fourth-order valence-electron chi connectivity index (χ4n) is 7.44. The molecule has 7 atom stereocenters. The molecular weight excluding hydrogens is 538 g/mol. The number of amides is 2. The Balaban J connectivity index is 1.82. The van der Waals surface area contributed by atoms with E-state index in [2.05, 4.69) is 25.3 Å². The predicted molar refractivity (Wildman–Crippen MR) is 165 cm³/mol. The minimum atomic E-state index is -0.820. The maximum absolute atomic E-state index is 14.8. The molecule has 4 rings (SSSR count). The van der Waals surface area contributed by atoms with Gasteiger partial charge >= 0.3 is 5.97 Å². The first-order valence-electron chi connectivity index (χ1n) is 15.2. The third-order valence-electron chi connectivity index (χ3n) is 9.70. The monoisotopic (exact) mass is 585 g/mol. The average Bonchev–Trinajstić information content (AvgIpc) is 3.54. The highest BCUT2D eigenvalue weighted by Crippen LogP contribution is 2.72. The number of anilines is 2. The summed E-state index contributed by atoms with van der Waals surface area (Å²) in [5.41, 5.74) is 1.81. The molecule has 0 saturated carbocycles. The summed E-state index contributed by atoms with van der Waals surface area (Å²) in [5, 5.41) is 10.6. The number of fused-ring (bicyclic) bond motifs is 1. The number of aliphatic hydroxyl groups is 1. The molecule has 41 heavy (non-hydrogen) atoms. The molecule has 3 heterocycles. The zero-order valence-electron chi connectivity index (χ0n) is 25.5. The number of benzene rings is 1. The van der Waals surface area contributed by atoms with Crippen molar-refractivity contribution in [3.63, 3.8) is 0 Å². The summed E-state index contributed by atoms with van der Waals surface area (Å²) in [5.74, 6) is -2.12. The van der Waals surface area contributed by atoms with Crippen molar-refractivity contribution in [1.29, 1.82) is 0 Å². The van der Waals surface area contributed by atoms with Crippen LogP contribution in [-0.2, 0) is 19.1 Å². The van der Waals surface area contributed by atoms with Crippen LogP contribution in [0, 0.1) is 17.8 Å². The molecule has 1 spiro atoms. The van der Waals surface area contributed by atoms with E-state index in [0.29, 0.717) is 6.42 Å². The Labute approximate surface area is 249 Å². The summed E-state index contributed by atoms with van der Waals surface area (Å²) in [6.45, 7) is 18.0. The van der Waals surface area contributed by atoms with Gasteiger partial charge in [0.1, 0.15) is 6.04 Å². The maximum Gasteiger partial charge on any atom is 0.311 e. The van der Waals surface area contributed by atoms with Gasteiger partial charge in [0.2, 0.25) is 5.91 Å². The second-order valence-electron chi connectivity index (χ2n) is 11.8. The summed E-state index contributed by atoms with van der Waals surface area (Å²) >= 11 is 1.62. The van der Waals surface area contributed by atoms with E-state index < -0.39 is 33.4 Å². The highest BCUT2D eigenvalue weighted by atomic mass is 32.2. The molecule has 0 radical (unpaired) electrons. The molecule has 2 amide bonds. The van der Waals surface area contributed by atoms with Crippen LogP contribution in [-0.4, -0.2) is 82.2 Å². The number of esters is 1. The van der Waals surface area contributed by atoms with E-state index in [1.54, 1.807) is 34.6 Å². The van der Waals surface area contributed by atoms with Gasteiger partial charge in [0.25, 0.3) is 5.91 Å². The second kappa shape index (κ2) is 12.4. The average molecular weight is 586 g/mol. The number of nitrogens with zero attached hydrogens (tertiary/aromatic N) is 3. The van der Waals surface area contributed by atoms with Crippen LogP contribution in [0.4, 0.5) is 11.4 Å². The molecule has 3 fully saturated rings. The second-order valence-corrected chi connectivity index (χ2v) is 13.7. The Morgan fingerprint density at radius 1 is 1.17 bits per heavy atom. The lowest BCUT2D eigenvalue weighted by Gasteiger charge is -2.41. The lowest BCUT2D eigenvalue weighted by atomic mass is 9.66. The van der Waals surface area contributed by atoms with E-state index >= 15 is 0 Å². The molecule has 3 aliphatic rings. The van der Waals surface area contributed by atoms with Crippen LogP contribution in [0.2, 0.25) is 0 Å². The lowest BCUT2D eigenvalue weighted by Crippen LogP contribution is -2.58. The van der Waals surface area contributed by atoms with Crippen molar-refractivity contribution < 1.29 is 24.2 Å². The number of hydrogen-bond donors (Lipinski definition) is 1. The number of aliphatic hydroxyl groups excluding tert-OH is 1. The molecule has 226 valence electrons. The van der Waals surface area contributed by atoms with Crippen molar-refractivity contribution in [2.45, 2.75) is 82.4 Å². The smallest absolute Gasteiger partial charge is 0.311 e. The van der Waals surface area contributed by atoms with Crippen molar-refractivity contribution in [3.8, 4) is 0 Å². The van der Waals surface area contributed by atoms with E-state index in [9.17, 15) is 19.5 Å². The topological polar surface area (TPSA) is 90.4 Å². The minimum Gasteiger partial charge on any atom is -0.466 e. The maximum atomic E-state index is 14.8. The van der Waals surface area contributed by atoms with Crippen molar-refractivity contribution in [2.75, 3.05) is 42.6 Å². The predicted octanol–water partition coefficient (Wildman–Crippen LogP) is 4.50. The van der Waals surface area contributed by atoms with Gasteiger partial charge in [0, 0.05) is 35.8 Å². The first-order valence-corrected chi connectivity index (χ1v) is 16.0. The largest absolute Gasteiger partial charge is 0.466 e. The van der Waals surface area contributed by atoms with Crippen molar-refractivity contribution >= 4 is 40.9 Å². The van der Waals surface area contributed by atoms with E-state index in [4.69, 9.17) is 4.74 Å². The van der Waals surface area contributed by atoms with Gasteiger partial charge in [-0.2, -0.15) is 0 Å². The van der Waals surface area contributed by atoms with Gasteiger partial charge in [-0.05, 0) is 70.7 Å². The Morgan fingerprint density at radius 3 is 2.34 bits per heavy atom. The van der Waals surface area contributed by atoms with Crippen molar-refractivity contribution in [1.82, 2.24) is 4.90 Å². The number of hydrogen-bond acceptors (Lipinski definition) is 7. The summed E-state index contributed by atoms with van der Waals surface area (Å²) < 4.78 is 4.24. The Hall–Kier alpha value is -2.52. The number of ether oxygens (including phenoxy) is 1.